The molecular weight excluding hydrogens is 322 g/mol. The lowest BCUT2D eigenvalue weighted by Gasteiger charge is -2.12. The maximum absolute atomic E-state index is 11.7. The number of hydrogen-bond donors (Lipinski definition) is 1. The second-order valence-corrected chi connectivity index (χ2v) is 5.36. The van der Waals surface area contributed by atoms with Gasteiger partial charge in [0, 0.05) is 17.4 Å². The summed E-state index contributed by atoms with van der Waals surface area (Å²) in [5.74, 6) is 1.44. The lowest BCUT2D eigenvalue weighted by atomic mass is 10.1. The summed E-state index contributed by atoms with van der Waals surface area (Å²) in [5.41, 5.74) is 1.04. The summed E-state index contributed by atoms with van der Waals surface area (Å²) in [6.07, 6.45) is 3.24. The zero-order valence-electron chi connectivity index (χ0n) is 12.3. The van der Waals surface area contributed by atoms with Crippen LogP contribution in [0.25, 0.3) is 0 Å². The molecule has 0 unspecified atom stereocenters. The Hall–Kier alpha value is -1.23. The van der Waals surface area contributed by atoms with Crippen molar-refractivity contribution in [2.45, 2.75) is 32.6 Å². The Morgan fingerprint density at radius 2 is 1.90 bits per heavy atom. The van der Waals surface area contributed by atoms with E-state index >= 15 is 0 Å². The molecule has 20 heavy (non-hydrogen) atoms. The summed E-state index contributed by atoms with van der Waals surface area (Å²) < 4.78 is 11.4. The third kappa shape index (κ3) is 5.04. The van der Waals surface area contributed by atoms with Gasteiger partial charge >= 0.3 is 0 Å². The van der Waals surface area contributed by atoms with Crippen LogP contribution in [0.3, 0.4) is 0 Å². The minimum atomic E-state index is 0.0835. The number of ether oxygens (including phenoxy) is 2. The van der Waals surface area contributed by atoms with Crippen molar-refractivity contribution in [3.8, 4) is 11.5 Å². The number of nitrogens with one attached hydrogen (secondary N) is 1. The van der Waals surface area contributed by atoms with Gasteiger partial charge in [-0.2, -0.15) is 0 Å². The minimum absolute atomic E-state index is 0.0835. The van der Waals surface area contributed by atoms with Gasteiger partial charge in [-0.05, 0) is 30.5 Å². The van der Waals surface area contributed by atoms with E-state index < -0.39 is 0 Å². The van der Waals surface area contributed by atoms with Crippen molar-refractivity contribution in [1.82, 2.24) is 5.32 Å². The molecule has 0 aliphatic heterocycles. The van der Waals surface area contributed by atoms with Crippen molar-refractivity contribution in [2.24, 2.45) is 0 Å². The summed E-state index contributed by atoms with van der Waals surface area (Å²) in [6, 6.07) is 3.77. The smallest absolute Gasteiger partial charge is 0.220 e. The molecule has 1 rings (SSSR count). The number of aryl methyl sites for hydroxylation is 1. The Bertz CT molecular complexity index is 449. The number of rotatable bonds is 8. The molecule has 0 saturated heterocycles. The van der Waals surface area contributed by atoms with E-state index in [9.17, 15) is 4.79 Å². The van der Waals surface area contributed by atoms with Crippen LogP contribution < -0.4 is 14.8 Å². The van der Waals surface area contributed by atoms with Crippen LogP contribution in [0.15, 0.2) is 16.6 Å². The predicted molar refractivity (Wildman–Crippen MR) is 83.5 cm³/mol. The molecule has 5 heteroatoms. The molecule has 1 aromatic rings. The highest BCUT2D eigenvalue weighted by molar-refractivity contribution is 9.10. The van der Waals surface area contributed by atoms with Gasteiger partial charge in [-0.1, -0.05) is 29.3 Å². The van der Waals surface area contributed by atoms with Crippen molar-refractivity contribution < 1.29 is 14.3 Å². The molecule has 1 aromatic carbocycles. The monoisotopic (exact) mass is 343 g/mol. The van der Waals surface area contributed by atoms with Crippen LogP contribution in [0.1, 0.15) is 31.7 Å². The van der Waals surface area contributed by atoms with E-state index in [1.165, 1.54) is 0 Å². The van der Waals surface area contributed by atoms with E-state index in [2.05, 4.69) is 28.2 Å². The number of methoxy groups -OCH3 is 2. The van der Waals surface area contributed by atoms with Crippen LogP contribution in [0, 0.1) is 0 Å². The molecule has 0 fully saturated rings. The van der Waals surface area contributed by atoms with Crippen molar-refractivity contribution in [3.05, 3.63) is 22.2 Å². The van der Waals surface area contributed by atoms with Crippen molar-refractivity contribution in [3.63, 3.8) is 0 Å². The second kappa shape index (κ2) is 8.84. The van der Waals surface area contributed by atoms with Crippen molar-refractivity contribution in [2.75, 3.05) is 20.8 Å². The van der Waals surface area contributed by atoms with Gasteiger partial charge in [0.05, 0.1) is 14.2 Å². The molecule has 0 atom stereocenters. The molecule has 0 heterocycles. The number of carbonyl (C=O) groups excluding carboxylic acids is 1. The highest BCUT2D eigenvalue weighted by atomic mass is 79.9. The standard InChI is InChI=1S/C15H22BrNO3/c1-4-5-8-17-15(18)7-6-11-9-13(19-2)14(20-3)10-12(11)16/h9-10H,4-8H2,1-3H3,(H,17,18). The Morgan fingerprint density at radius 3 is 2.50 bits per heavy atom. The third-order valence-electron chi connectivity index (χ3n) is 3.03. The van der Waals surface area contributed by atoms with Gasteiger partial charge in [0.2, 0.25) is 5.91 Å². The minimum Gasteiger partial charge on any atom is -0.493 e. The summed E-state index contributed by atoms with van der Waals surface area (Å²) in [5, 5.41) is 2.91. The maximum atomic E-state index is 11.7. The Balaban J connectivity index is 2.61. The first kappa shape index (κ1) is 16.8. The molecule has 1 amide bonds. The molecule has 0 spiro atoms. The molecule has 0 bridgehead atoms. The normalized spacial score (nSPS) is 10.2. The maximum Gasteiger partial charge on any atom is 0.220 e. The molecular formula is C15H22BrNO3. The fourth-order valence-electron chi connectivity index (χ4n) is 1.83. The highest BCUT2D eigenvalue weighted by Gasteiger charge is 2.11. The van der Waals surface area contributed by atoms with E-state index in [1.54, 1.807) is 14.2 Å². The molecule has 112 valence electrons. The first-order valence-electron chi connectivity index (χ1n) is 6.79. The summed E-state index contributed by atoms with van der Waals surface area (Å²) >= 11 is 3.50. The number of unbranched alkanes of at least 4 members (excludes halogenated alkanes) is 1. The third-order valence-corrected chi connectivity index (χ3v) is 3.76. The zero-order valence-corrected chi connectivity index (χ0v) is 13.9. The molecule has 0 radical (unpaired) electrons. The van der Waals surface area contributed by atoms with Crippen LogP contribution in [0.5, 0.6) is 11.5 Å². The quantitative estimate of drug-likeness (QED) is 0.736. The summed E-state index contributed by atoms with van der Waals surface area (Å²) in [4.78, 5) is 11.7. The van der Waals surface area contributed by atoms with Gasteiger partial charge in [-0.3, -0.25) is 4.79 Å². The molecule has 1 N–H and O–H groups in total. The largest absolute Gasteiger partial charge is 0.493 e. The van der Waals surface area contributed by atoms with Crippen LogP contribution >= 0.6 is 15.9 Å². The SMILES string of the molecule is CCCCNC(=O)CCc1cc(OC)c(OC)cc1Br. The fraction of sp³-hybridized carbons (Fsp3) is 0.533. The van der Waals surface area contributed by atoms with Gasteiger partial charge in [-0.15, -0.1) is 0 Å². The van der Waals surface area contributed by atoms with Crippen LogP contribution in [-0.2, 0) is 11.2 Å². The number of halogens is 1. The zero-order chi connectivity index (χ0) is 15.0. The topological polar surface area (TPSA) is 47.6 Å². The highest BCUT2D eigenvalue weighted by Crippen LogP contribution is 2.33. The van der Waals surface area contributed by atoms with E-state index in [4.69, 9.17) is 9.47 Å². The first-order chi connectivity index (χ1) is 9.62. The number of benzene rings is 1. The van der Waals surface area contributed by atoms with Gasteiger partial charge in [0.25, 0.3) is 0 Å². The van der Waals surface area contributed by atoms with Gasteiger partial charge in [0.15, 0.2) is 11.5 Å². The summed E-state index contributed by atoms with van der Waals surface area (Å²) in [7, 11) is 3.21. The van der Waals surface area contributed by atoms with E-state index in [0.29, 0.717) is 24.3 Å². The lowest BCUT2D eigenvalue weighted by molar-refractivity contribution is -0.121. The second-order valence-electron chi connectivity index (χ2n) is 4.50. The average molecular weight is 344 g/mol. The summed E-state index contributed by atoms with van der Waals surface area (Å²) in [6.45, 7) is 2.86. The van der Waals surface area contributed by atoms with E-state index in [-0.39, 0.29) is 5.91 Å². The van der Waals surface area contributed by atoms with Gasteiger partial charge < -0.3 is 14.8 Å². The number of carbonyl (C=O) groups is 1. The molecule has 0 aliphatic carbocycles. The van der Waals surface area contributed by atoms with Crippen LogP contribution in [0.2, 0.25) is 0 Å². The molecule has 0 saturated carbocycles. The molecule has 0 aromatic heterocycles. The van der Waals surface area contributed by atoms with Crippen LogP contribution in [-0.4, -0.2) is 26.7 Å². The van der Waals surface area contributed by atoms with Gasteiger partial charge in [0.1, 0.15) is 0 Å². The van der Waals surface area contributed by atoms with Gasteiger partial charge in [-0.25, -0.2) is 0 Å². The Kier molecular flexibility index (Phi) is 7.44. The molecule has 4 nitrogen and oxygen atoms in total. The van der Waals surface area contributed by atoms with E-state index in [1.807, 2.05) is 12.1 Å². The number of amides is 1. The average Bonchev–Trinajstić information content (AvgIpc) is 2.45. The first-order valence-corrected chi connectivity index (χ1v) is 7.58. The fourth-order valence-corrected chi connectivity index (χ4v) is 2.35. The van der Waals surface area contributed by atoms with Crippen LogP contribution in [0.4, 0.5) is 0 Å². The number of hydrogen-bond acceptors (Lipinski definition) is 3. The Morgan fingerprint density at radius 1 is 1.25 bits per heavy atom. The van der Waals surface area contributed by atoms with Crippen molar-refractivity contribution >= 4 is 21.8 Å². The lowest BCUT2D eigenvalue weighted by Crippen LogP contribution is -2.24. The van der Waals surface area contributed by atoms with Crippen molar-refractivity contribution in [1.29, 1.82) is 0 Å². The molecule has 0 aliphatic rings. The van der Waals surface area contributed by atoms with E-state index in [0.717, 1.165) is 29.4 Å². The predicted octanol–water partition coefficient (Wildman–Crippen LogP) is 3.32. The Labute approximate surface area is 129 Å².